The summed E-state index contributed by atoms with van der Waals surface area (Å²) in [6.07, 6.45) is 0. The summed E-state index contributed by atoms with van der Waals surface area (Å²) in [6.45, 7) is 0. The lowest BCUT2D eigenvalue weighted by Crippen LogP contribution is -2.20. The molecule has 82 valence electrons. The summed E-state index contributed by atoms with van der Waals surface area (Å²) in [4.78, 5) is 11.6. The summed E-state index contributed by atoms with van der Waals surface area (Å²) >= 11 is 1.26. The summed E-state index contributed by atoms with van der Waals surface area (Å²) in [5, 5.41) is 3.00. The Labute approximate surface area is 94.3 Å². The highest BCUT2D eigenvalue weighted by atomic mass is 32.2. The topological polar surface area (TPSA) is 44.4 Å². The van der Waals surface area contributed by atoms with Crippen molar-refractivity contribution in [1.82, 2.24) is 9.03 Å². The molecule has 1 aromatic carbocycles. The van der Waals surface area contributed by atoms with Crippen molar-refractivity contribution < 1.29 is 4.79 Å². The van der Waals surface area contributed by atoms with E-state index < -0.39 is 0 Å². The lowest BCUT2D eigenvalue weighted by atomic mass is 10.2. The third-order valence-corrected chi connectivity index (χ3v) is 2.40. The van der Waals surface area contributed by atoms with Crippen LogP contribution in [0.4, 0.5) is 5.69 Å². The fraction of sp³-hybridized carbons (Fsp3) is 0.300. The number of hydrogen-bond acceptors (Lipinski definition) is 4. The Hall–Kier alpha value is -1.20. The fourth-order valence-electron chi connectivity index (χ4n) is 0.980. The van der Waals surface area contributed by atoms with E-state index in [2.05, 4.69) is 10.0 Å². The van der Waals surface area contributed by atoms with Gasteiger partial charge in [-0.3, -0.25) is 9.52 Å². The third-order valence-electron chi connectivity index (χ3n) is 1.76. The molecule has 5 heteroatoms. The second-order valence-electron chi connectivity index (χ2n) is 3.16. The highest BCUT2D eigenvalue weighted by molar-refractivity contribution is 7.95. The quantitative estimate of drug-likeness (QED) is 0.764. The van der Waals surface area contributed by atoms with Gasteiger partial charge in [0.15, 0.2) is 0 Å². The highest BCUT2D eigenvalue weighted by Crippen LogP contribution is 2.09. The van der Waals surface area contributed by atoms with Gasteiger partial charge in [-0.25, -0.2) is 4.31 Å². The molecule has 0 radical (unpaired) electrons. The fourth-order valence-corrected chi connectivity index (χ4v) is 1.36. The summed E-state index contributed by atoms with van der Waals surface area (Å²) in [7, 11) is 5.58. The Balaban J connectivity index is 2.58. The number of anilines is 1. The monoisotopic (exact) mass is 225 g/mol. The first-order chi connectivity index (χ1) is 7.13. The van der Waals surface area contributed by atoms with Gasteiger partial charge in [-0.15, -0.1) is 0 Å². The van der Waals surface area contributed by atoms with E-state index in [1.165, 1.54) is 12.1 Å². The highest BCUT2D eigenvalue weighted by Gasteiger charge is 2.05. The minimum absolute atomic E-state index is 0.0867. The molecule has 0 aliphatic heterocycles. The minimum atomic E-state index is -0.0867. The summed E-state index contributed by atoms with van der Waals surface area (Å²) in [6, 6.07) is 7.32. The van der Waals surface area contributed by atoms with Crippen molar-refractivity contribution in [2.75, 3.05) is 26.5 Å². The van der Waals surface area contributed by atoms with Crippen LogP contribution in [-0.4, -0.2) is 31.4 Å². The molecule has 0 atom stereocenters. The molecular formula is C10H15N3OS. The molecule has 1 aromatic rings. The Bertz CT molecular complexity index is 324. The maximum absolute atomic E-state index is 11.6. The van der Waals surface area contributed by atoms with E-state index in [0.717, 1.165) is 5.69 Å². The molecule has 4 nitrogen and oxygen atoms in total. The van der Waals surface area contributed by atoms with Crippen LogP contribution < -0.4 is 10.0 Å². The van der Waals surface area contributed by atoms with E-state index in [1.54, 1.807) is 12.1 Å². The van der Waals surface area contributed by atoms with E-state index in [-0.39, 0.29) is 5.91 Å². The molecule has 1 amide bonds. The van der Waals surface area contributed by atoms with Gasteiger partial charge in [0, 0.05) is 30.4 Å². The van der Waals surface area contributed by atoms with Gasteiger partial charge in [0.1, 0.15) is 0 Å². The third kappa shape index (κ3) is 3.81. The molecule has 0 saturated carbocycles. The number of nitrogens with zero attached hydrogens (tertiary/aromatic N) is 1. The van der Waals surface area contributed by atoms with E-state index in [4.69, 9.17) is 0 Å². The number of benzene rings is 1. The molecular weight excluding hydrogens is 210 g/mol. The van der Waals surface area contributed by atoms with Crippen LogP contribution in [0.5, 0.6) is 0 Å². The van der Waals surface area contributed by atoms with Crippen LogP contribution in [0.15, 0.2) is 24.3 Å². The number of amides is 1. The lowest BCUT2D eigenvalue weighted by Gasteiger charge is -2.09. The largest absolute Gasteiger partial charge is 0.388 e. The maximum atomic E-state index is 11.6. The van der Waals surface area contributed by atoms with Crippen molar-refractivity contribution in [3.63, 3.8) is 0 Å². The number of rotatable bonds is 4. The molecule has 0 aliphatic rings. The molecule has 0 aliphatic carbocycles. The van der Waals surface area contributed by atoms with Crippen molar-refractivity contribution >= 4 is 23.7 Å². The molecule has 2 N–H and O–H groups in total. The van der Waals surface area contributed by atoms with Crippen LogP contribution in [0.2, 0.25) is 0 Å². The molecule has 0 aromatic heterocycles. The number of hydrogen-bond donors (Lipinski definition) is 2. The van der Waals surface area contributed by atoms with Gasteiger partial charge in [-0.2, -0.15) is 0 Å². The van der Waals surface area contributed by atoms with E-state index in [1.807, 2.05) is 37.6 Å². The maximum Gasteiger partial charge on any atom is 0.262 e. The molecule has 0 spiro atoms. The van der Waals surface area contributed by atoms with Crippen molar-refractivity contribution in [3.8, 4) is 0 Å². The molecule has 0 bridgehead atoms. The molecule has 0 unspecified atom stereocenters. The lowest BCUT2D eigenvalue weighted by molar-refractivity contribution is 0.0983. The van der Waals surface area contributed by atoms with Gasteiger partial charge in [0.25, 0.3) is 5.91 Å². The van der Waals surface area contributed by atoms with E-state index in [0.29, 0.717) is 5.56 Å². The standard InChI is InChI=1S/C10H15N3OS/c1-11-9-6-4-8(5-7-9)10(14)12-15-13(2)3/h4-7,11H,1-3H3,(H,12,14). The van der Waals surface area contributed by atoms with Crippen LogP contribution in [-0.2, 0) is 0 Å². The van der Waals surface area contributed by atoms with Crippen LogP contribution >= 0.6 is 12.1 Å². The van der Waals surface area contributed by atoms with Crippen molar-refractivity contribution in [1.29, 1.82) is 0 Å². The van der Waals surface area contributed by atoms with Crippen molar-refractivity contribution in [3.05, 3.63) is 29.8 Å². The van der Waals surface area contributed by atoms with E-state index in [9.17, 15) is 4.79 Å². The van der Waals surface area contributed by atoms with Gasteiger partial charge in [0.2, 0.25) is 0 Å². The second kappa shape index (κ2) is 5.63. The first-order valence-corrected chi connectivity index (χ1v) is 5.33. The minimum Gasteiger partial charge on any atom is -0.388 e. The summed E-state index contributed by atoms with van der Waals surface area (Å²) < 4.78 is 4.54. The Morgan fingerprint density at radius 2 is 1.87 bits per heavy atom. The smallest absolute Gasteiger partial charge is 0.262 e. The average molecular weight is 225 g/mol. The SMILES string of the molecule is CNc1ccc(C(=O)NSN(C)C)cc1. The summed E-state index contributed by atoms with van der Waals surface area (Å²) in [5.74, 6) is -0.0867. The predicted octanol–water partition coefficient (Wildman–Crippen LogP) is 1.58. The van der Waals surface area contributed by atoms with Crippen molar-refractivity contribution in [2.24, 2.45) is 0 Å². The number of nitrogens with one attached hydrogen (secondary N) is 2. The number of carbonyl (C=O) groups excluding carboxylic acids is 1. The zero-order valence-electron chi connectivity index (χ0n) is 9.07. The second-order valence-corrected chi connectivity index (χ2v) is 4.28. The summed E-state index contributed by atoms with van der Waals surface area (Å²) in [5.41, 5.74) is 1.65. The first kappa shape index (κ1) is 11.9. The van der Waals surface area contributed by atoms with Crippen LogP contribution in [0.25, 0.3) is 0 Å². The Morgan fingerprint density at radius 3 is 2.33 bits per heavy atom. The van der Waals surface area contributed by atoms with Crippen LogP contribution in [0.3, 0.4) is 0 Å². The van der Waals surface area contributed by atoms with Gasteiger partial charge >= 0.3 is 0 Å². The van der Waals surface area contributed by atoms with Crippen LogP contribution in [0.1, 0.15) is 10.4 Å². The van der Waals surface area contributed by atoms with Gasteiger partial charge in [0.05, 0.1) is 0 Å². The molecule has 1 rings (SSSR count). The molecule has 0 saturated heterocycles. The van der Waals surface area contributed by atoms with Gasteiger partial charge in [-0.05, 0) is 38.4 Å². The van der Waals surface area contributed by atoms with Crippen LogP contribution in [0, 0.1) is 0 Å². The zero-order valence-corrected chi connectivity index (χ0v) is 9.89. The number of carbonyl (C=O) groups is 1. The Morgan fingerprint density at radius 1 is 1.27 bits per heavy atom. The first-order valence-electron chi connectivity index (χ1n) is 4.56. The zero-order chi connectivity index (χ0) is 11.3. The van der Waals surface area contributed by atoms with Crippen molar-refractivity contribution in [2.45, 2.75) is 0 Å². The van der Waals surface area contributed by atoms with Gasteiger partial charge < -0.3 is 5.32 Å². The Kier molecular flexibility index (Phi) is 4.45. The molecule has 0 fully saturated rings. The molecule has 15 heavy (non-hydrogen) atoms. The average Bonchev–Trinajstić information content (AvgIpc) is 2.26. The predicted molar refractivity (Wildman–Crippen MR) is 64.7 cm³/mol. The normalized spacial score (nSPS) is 10.1. The van der Waals surface area contributed by atoms with E-state index >= 15 is 0 Å². The van der Waals surface area contributed by atoms with Gasteiger partial charge in [-0.1, -0.05) is 0 Å². The molecule has 0 heterocycles.